The lowest BCUT2D eigenvalue weighted by atomic mass is 9.96. The normalized spacial score (nSPS) is 14.6. The van der Waals surface area contributed by atoms with E-state index < -0.39 is 21.6 Å². The molecule has 0 unspecified atom stereocenters. The quantitative estimate of drug-likeness (QED) is 0.362. The molecule has 1 aliphatic carbocycles. The third-order valence-corrected chi connectivity index (χ3v) is 7.39. The molecule has 36 heavy (non-hydrogen) atoms. The molecule has 1 fully saturated rings. The van der Waals surface area contributed by atoms with Crippen molar-refractivity contribution in [3.63, 3.8) is 0 Å². The summed E-state index contributed by atoms with van der Waals surface area (Å²) in [5.74, 6) is 0.976. The van der Waals surface area contributed by atoms with Gasteiger partial charge in [0, 0.05) is 6.26 Å². The van der Waals surface area contributed by atoms with Crippen molar-refractivity contribution in [2.45, 2.75) is 31.7 Å². The van der Waals surface area contributed by atoms with Crippen molar-refractivity contribution < 1.29 is 17.9 Å². The van der Waals surface area contributed by atoms with E-state index in [9.17, 15) is 13.2 Å². The van der Waals surface area contributed by atoms with E-state index in [4.69, 9.17) is 9.47 Å². The summed E-state index contributed by atoms with van der Waals surface area (Å²) in [6.07, 6.45) is 3.54. The Hall–Kier alpha value is -3.59. The van der Waals surface area contributed by atoms with E-state index in [0.29, 0.717) is 35.0 Å². The fourth-order valence-corrected chi connectivity index (χ4v) is 5.61. The first-order valence-electron chi connectivity index (χ1n) is 12.0. The van der Waals surface area contributed by atoms with E-state index in [0.717, 1.165) is 17.4 Å². The van der Waals surface area contributed by atoms with Gasteiger partial charge in [-0.15, -0.1) is 0 Å². The van der Waals surface area contributed by atoms with Gasteiger partial charge in [0.1, 0.15) is 9.84 Å². The van der Waals surface area contributed by atoms with Crippen LogP contribution in [0.5, 0.6) is 11.6 Å². The van der Waals surface area contributed by atoms with Crippen LogP contribution in [0.4, 0.5) is 0 Å². The summed E-state index contributed by atoms with van der Waals surface area (Å²) in [5, 5.41) is 0. The van der Waals surface area contributed by atoms with Gasteiger partial charge in [-0.05, 0) is 66.6 Å². The zero-order chi connectivity index (χ0) is 25.4. The highest BCUT2D eigenvalue weighted by Gasteiger charge is 2.28. The van der Waals surface area contributed by atoms with Gasteiger partial charge in [-0.25, -0.2) is 18.2 Å². The fraction of sp³-hybridized carbons (Fsp3) is 0.333. The van der Waals surface area contributed by atoms with Crippen LogP contribution in [0.1, 0.15) is 43.0 Å². The van der Waals surface area contributed by atoms with E-state index in [1.807, 2.05) is 31.2 Å². The van der Waals surface area contributed by atoms with Crippen LogP contribution >= 0.6 is 0 Å². The maximum atomic E-state index is 13.2. The Morgan fingerprint density at radius 2 is 1.92 bits per heavy atom. The van der Waals surface area contributed by atoms with Crippen molar-refractivity contribution in [3.05, 3.63) is 76.3 Å². The number of hydrogen-bond acceptors (Lipinski definition) is 6. The fourth-order valence-electron chi connectivity index (χ4n) is 4.72. The maximum Gasteiger partial charge on any atom is 0.327 e. The van der Waals surface area contributed by atoms with Gasteiger partial charge in [0.25, 0.3) is 5.88 Å². The van der Waals surface area contributed by atoms with Crippen molar-refractivity contribution in [3.8, 4) is 22.8 Å². The Bertz CT molecular complexity index is 1580. The van der Waals surface area contributed by atoms with E-state index in [-0.39, 0.29) is 11.6 Å². The molecular weight excluding hydrogens is 478 g/mol. The van der Waals surface area contributed by atoms with Gasteiger partial charge in [-0.3, -0.25) is 4.57 Å². The Morgan fingerprint density at radius 3 is 2.61 bits per heavy atom. The number of aromatic amines is 1. The number of ether oxygens (including phenoxy) is 2. The van der Waals surface area contributed by atoms with Gasteiger partial charge in [0.15, 0.2) is 5.75 Å². The van der Waals surface area contributed by atoms with Crippen LogP contribution in [0, 0.1) is 0 Å². The minimum Gasteiger partial charge on any atom is -0.491 e. The summed E-state index contributed by atoms with van der Waals surface area (Å²) in [5.41, 5.74) is 4.73. The molecule has 1 aliphatic rings. The van der Waals surface area contributed by atoms with Crippen molar-refractivity contribution in [1.82, 2.24) is 14.5 Å². The number of benzene rings is 2. The number of H-pyrrole nitrogens is 1. The van der Waals surface area contributed by atoms with Gasteiger partial charge in [-0.2, -0.15) is 0 Å². The van der Waals surface area contributed by atoms with Crippen LogP contribution < -0.4 is 15.2 Å². The highest BCUT2D eigenvalue weighted by molar-refractivity contribution is 7.90. The molecule has 0 saturated heterocycles. The van der Waals surface area contributed by atoms with Crippen molar-refractivity contribution in [2.24, 2.45) is 0 Å². The van der Waals surface area contributed by atoms with Crippen LogP contribution in [0.2, 0.25) is 0 Å². The molecule has 0 aliphatic heterocycles. The second-order valence-corrected chi connectivity index (χ2v) is 11.4. The highest BCUT2D eigenvalue weighted by Crippen LogP contribution is 2.44. The molecule has 0 radical (unpaired) electrons. The maximum absolute atomic E-state index is 13.2. The van der Waals surface area contributed by atoms with Crippen molar-refractivity contribution in [2.75, 3.05) is 25.7 Å². The Balaban J connectivity index is 1.64. The lowest BCUT2D eigenvalue weighted by molar-refractivity contribution is 0.296. The number of rotatable bonds is 9. The van der Waals surface area contributed by atoms with Gasteiger partial charge >= 0.3 is 5.69 Å². The average Bonchev–Trinajstić information content (AvgIpc) is 3.64. The third kappa shape index (κ3) is 4.75. The third-order valence-electron chi connectivity index (χ3n) is 6.47. The highest BCUT2D eigenvalue weighted by atomic mass is 32.2. The second kappa shape index (κ2) is 9.46. The number of hydrogen-bond donors (Lipinski definition) is 1. The standard InChI is InChI=1S/C27H29N3O5S/c1-4-35-26-25(34-2)14-12-21(28-26)24(16-36(3,32)33)30-23-13-11-18(15-22(23)29-27(30)31)20-8-6-5-7-19(20)17-9-10-17/h5-8,11-15,17,24H,4,9-10,16H2,1-3H3,(H,29,31)/t24-/m1/s1. The summed E-state index contributed by atoms with van der Waals surface area (Å²) < 4.78 is 37.3. The first-order chi connectivity index (χ1) is 17.3. The molecule has 8 nitrogen and oxygen atoms in total. The number of pyridine rings is 1. The van der Waals surface area contributed by atoms with Crippen molar-refractivity contribution in [1.29, 1.82) is 0 Å². The minimum atomic E-state index is -3.47. The molecule has 188 valence electrons. The number of aromatic nitrogens is 3. The number of fused-ring (bicyclic) bond motifs is 1. The Kier molecular flexibility index (Phi) is 6.34. The van der Waals surface area contributed by atoms with Crippen molar-refractivity contribution >= 4 is 20.9 Å². The molecule has 0 amide bonds. The Labute approximate surface area is 209 Å². The number of sulfone groups is 1. The molecule has 1 saturated carbocycles. The topological polar surface area (TPSA) is 103 Å². The number of imidazole rings is 1. The predicted octanol–water partition coefficient (Wildman–Crippen LogP) is 4.31. The number of methoxy groups -OCH3 is 1. The predicted molar refractivity (Wildman–Crippen MR) is 140 cm³/mol. The summed E-state index contributed by atoms with van der Waals surface area (Å²) >= 11 is 0. The molecular formula is C27H29N3O5S. The smallest absolute Gasteiger partial charge is 0.327 e. The molecule has 5 rings (SSSR count). The van der Waals surface area contributed by atoms with Crippen LogP contribution in [-0.2, 0) is 9.84 Å². The van der Waals surface area contributed by atoms with Crippen LogP contribution in [0.25, 0.3) is 22.2 Å². The summed E-state index contributed by atoms with van der Waals surface area (Å²) in [6.45, 7) is 2.19. The zero-order valence-electron chi connectivity index (χ0n) is 20.5. The van der Waals surface area contributed by atoms with Gasteiger partial charge in [0.2, 0.25) is 0 Å². The minimum absolute atomic E-state index is 0.253. The Morgan fingerprint density at radius 1 is 1.14 bits per heavy atom. The molecule has 2 aromatic heterocycles. The monoisotopic (exact) mass is 507 g/mol. The van der Waals surface area contributed by atoms with Crippen LogP contribution in [0.15, 0.2) is 59.4 Å². The first-order valence-corrected chi connectivity index (χ1v) is 14.0. The largest absolute Gasteiger partial charge is 0.491 e. The molecule has 9 heteroatoms. The second-order valence-electron chi connectivity index (χ2n) is 9.18. The van der Waals surface area contributed by atoms with E-state index in [1.165, 1.54) is 30.1 Å². The van der Waals surface area contributed by atoms with Gasteiger partial charge in [0.05, 0.1) is 42.2 Å². The number of nitrogens with one attached hydrogen (secondary N) is 1. The number of nitrogens with zero attached hydrogens (tertiary/aromatic N) is 2. The molecule has 0 bridgehead atoms. The molecule has 0 spiro atoms. The lowest BCUT2D eigenvalue weighted by Gasteiger charge is -2.19. The SMILES string of the molecule is CCOc1nc([C@@H](CS(C)(=O)=O)n2c(=O)[nH]c3cc(-c4ccccc4C4CC4)ccc32)ccc1OC. The van der Waals surface area contributed by atoms with Crippen LogP contribution in [0.3, 0.4) is 0 Å². The van der Waals surface area contributed by atoms with Gasteiger partial charge < -0.3 is 14.5 Å². The lowest BCUT2D eigenvalue weighted by Crippen LogP contribution is -2.29. The summed E-state index contributed by atoms with van der Waals surface area (Å²) in [6, 6.07) is 16.7. The average molecular weight is 508 g/mol. The molecule has 2 aromatic carbocycles. The zero-order valence-corrected chi connectivity index (χ0v) is 21.3. The van der Waals surface area contributed by atoms with Crippen LogP contribution in [-0.4, -0.2) is 48.7 Å². The first kappa shape index (κ1) is 24.1. The summed E-state index contributed by atoms with van der Waals surface area (Å²) in [7, 11) is -1.96. The molecule has 2 heterocycles. The van der Waals surface area contributed by atoms with E-state index in [2.05, 4.69) is 28.2 Å². The molecule has 1 atom stereocenters. The molecule has 4 aromatic rings. The van der Waals surface area contributed by atoms with Gasteiger partial charge in [-0.1, -0.05) is 30.3 Å². The molecule has 1 N–H and O–H groups in total. The summed E-state index contributed by atoms with van der Waals surface area (Å²) in [4.78, 5) is 20.7. The van der Waals surface area contributed by atoms with E-state index in [1.54, 1.807) is 12.1 Å². The van der Waals surface area contributed by atoms with E-state index >= 15 is 0 Å².